The van der Waals surface area contributed by atoms with E-state index in [-0.39, 0.29) is 34.5 Å². The Morgan fingerprint density at radius 2 is 1.75 bits per heavy atom. The van der Waals surface area contributed by atoms with E-state index >= 15 is 0 Å². The molecular formula is C35H56N2O6S. The minimum absolute atomic E-state index is 0.166. The van der Waals surface area contributed by atoms with Crippen molar-refractivity contribution in [1.29, 1.82) is 0 Å². The zero-order chi connectivity index (χ0) is 32.2. The van der Waals surface area contributed by atoms with Gasteiger partial charge < -0.3 is 14.9 Å². The zero-order valence-corrected chi connectivity index (χ0v) is 28.7. The number of hydrogen-bond acceptors (Lipinski definition) is 7. The Kier molecular flexibility index (Phi) is 9.29. The third-order valence-corrected chi connectivity index (χ3v) is 15.1. The van der Waals surface area contributed by atoms with Gasteiger partial charge in [0.05, 0.1) is 29.1 Å². The van der Waals surface area contributed by atoms with Gasteiger partial charge in [0.25, 0.3) is 5.91 Å². The van der Waals surface area contributed by atoms with Crippen LogP contribution in [0.4, 0.5) is 0 Å². The number of amides is 1. The number of nitrogens with zero attached hydrogens (tertiary/aromatic N) is 1. The van der Waals surface area contributed by atoms with Crippen molar-refractivity contribution in [3.05, 3.63) is 23.9 Å². The van der Waals surface area contributed by atoms with Gasteiger partial charge in [0.15, 0.2) is 0 Å². The fraction of sp³-hybridized carbons (Fsp3) is 0.829. The first-order valence-electron chi connectivity index (χ1n) is 17.0. The van der Waals surface area contributed by atoms with Crippen molar-refractivity contribution < 1.29 is 28.2 Å². The van der Waals surface area contributed by atoms with Crippen LogP contribution in [-0.4, -0.2) is 53.1 Å². The molecule has 11 atom stereocenters. The lowest BCUT2D eigenvalue weighted by molar-refractivity contribution is -0.203. The molecule has 0 saturated heterocycles. The van der Waals surface area contributed by atoms with Crippen LogP contribution in [0, 0.1) is 52.3 Å². The molecule has 0 unspecified atom stereocenters. The van der Waals surface area contributed by atoms with Gasteiger partial charge in [0.2, 0.25) is 15.9 Å². The highest BCUT2D eigenvalue weighted by Crippen LogP contribution is 2.69. The van der Waals surface area contributed by atoms with Crippen molar-refractivity contribution >= 4 is 15.9 Å². The lowest BCUT2D eigenvalue weighted by Crippen LogP contribution is -2.62. The van der Waals surface area contributed by atoms with Crippen LogP contribution in [0.5, 0.6) is 5.88 Å². The molecule has 0 aliphatic heterocycles. The van der Waals surface area contributed by atoms with Gasteiger partial charge in [0.1, 0.15) is 0 Å². The van der Waals surface area contributed by atoms with E-state index in [0.717, 1.165) is 32.1 Å². The number of carbonyl (C=O) groups is 1. The molecule has 5 rings (SSSR count). The van der Waals surface area contributed by atoms with Crippen molar-refractivity contribution in [2.24, 2.45) is 52.3 Å². The van der Waals surface area contributed by atoms with Crippen molar-refractivity contribution in [1.82, 2.24) is 9.71 Å². The second kappa shape index (κ2) is 12.1. The lowest BCUT2D eigenvalue weighted by Gasteiger charge is -2.64. The van der Waals surface area contributed by atoms with Crippen LogP contribution in [0.1, 0.15) is 117 Å². The van der Waals surface area contributed by atoms with E-state index in [1.54, 1.807) is 6.07 Å². The summed E-state index contributed by atoms with van der Waals surface area (Å²) in [6, 6.07) is 3.15. The number of sulfonamides is 1. The summed E-state index contributed by atoms with van der Waals surface area (Å²) >= 11 is 0. The summed E-state index contributed by atoms with van der Waals surface area (Å²) in [5, 5.41) is 22.5. The molecule has 1 amide bonds. The molecule has 1 aromatic rings. The summed E-state index contributed by atoms with van der Waals surface area (Å²) in [5.41, 5.74) is 0.587. The number of carbonyl (C=O) groups excluding carboxylic acids is 1. The van der Waals surface area contributed by atoms with E-state index in [2.05, 4.69) is 37.4 Å². The Hall–Kier alpha value is -1.71. The average molecular weight is 633 g/mol. The molecule has 248 valence electrons. The number of ether oxygens (including phenoxy) is 1. The Morgan fingerprint density at radius 3 is 2.39 bits per heavy atom. The van der Waals surface area contributed by atoms with Crippen LogP contribution in [0.2, 0.25) is 0 Å². The second-order valence-corrected chi connectivity index (χ2v) is 18.6. The minimum atomic E-state index is -3.81. The van der Waals surface area contributed by atoms with E-state index in [1.807, 2.05) is 0 Å². The number of nitrogens with one attached hydrogen (secondary N) is 1. The molecule has 4 aliphatic rings. The molecule has 0 aromatic carbocycles. The molecule has 8 nitrogen and oxygen atoms in total. The monoisotopic (exact) mass is 632 g/mol. The number of aliphatic hydroxyl groups is 2. The van der Waals surface area contributed by atoms with E-state index in [0.29, 0.717) is 48.0 Å². The molecule has 44 heavy (non-hydrogen) atoms. The van der Waals surface area contributed by atoms with Crippen LogP contribution in [0.25, 0.3) is 0 Å². The maximum absolute atomic E-state index is 12.5. The number of rotatable bonds is 8. The standard InChI is InChI=1S/C35H56N2O6S/c1-8-24-28-19-23(38)13-16-35(28,7)27-14-17-34(6)25(10-11-26(34)30(27)31(24)39)21(2)15-18-43-29-12-9-22(20-36-29)32(40)37-44(41,42)33(3,4)5/h9,12,20-21,23-28,30-31,38-39H,8,10-11,13-19H2,1-7H3,(H,37,40)/t21-,23-,24-,25-,26+,27+,28+,30+,31-,34-,35-/m1/s1. The van der Waals surface area contributed by atoms with Gasteiger partial charge in [-0.2, -0.15) is 0 Å². The molecule has 1 aromatic heterocycles. The van der Waals surface area contributed by atoms with Gasteiger partial charge in [-0.3, -0.25) is 4.79 Å². The summed E-state index contributed by atoms with van der Waals surface area (Å²) in [5.74, 6) is 2.86. The minimum Gasteiger partial charge on any atom is -0.478 e. The van der Waals surface area contributed by atoms with Gasteiger partial charge in [-0.15, -0.1) is 0 Å². The lowest BCUT2D eigenvalue weighted by atomic mass is 9.41. The second-order valence-electron chi connectivity index (χ2n) is 16.2. The van der Waals surface area contributed by atoms with Crippen molar-refractivity contribution in [2.75, 3.05) is 6.61 Å². The van der Waals surface area contributed by atoms with Gasteiger partial charge in [-0.05, 0) is 130 Å². The van der Waals surface area contributed by atoms with Crippen molar-refractivity contribution in [2.45, 2.75) is 123 Å². The molecule has 3 N–H and O–H groups in total. The Balaban J connectivity index is 1.20. The fourth-order valence-electron chi connectivity index (χ4n) is 10.4. The van der Waals surface area contributed by atoms with Gasteiger partial charge in [-0.1, -0.05) is 34.1 Å². The maximum atomic E-state index is 12.5. The number of hydrogen-bond donors (Lipinski definition) is 3. The fourth-order valence-corrected chi connectivity index (χ4v) is 11.1. The highest BCUT2D eigenvalue weighted by Gasteiger charge is 2.64. The molecule has 4 aliphatic carbocycles. The third kappa shape index (κ3) is 5.83. The number of pyridine rings is 1. The third-order valence-electron chi connectivity index (χ3n) is 13.0. The van der Waals surface area contributed by atoms with Crippen LogP contribution in [0.3, 0.4) is 0 Å². The van der Waals surface area contributed by atoms with Crippen molar-refractivity contribution in [3.63, 3.8) is 0 Å². The van der Waals surface area contributed by atoms with Gasteiger partial charge in [0, 0.05) is 12.3 Å². The van der Waals surface area contributed by atoms with E-state index in [1.165, 1.54) is 58.7 Å². The summed E-state index contributed by atoms with van der Waals surface area (Å²) < 4.78 is 31.7. The highest BCUT2D eigenvalue weighted by molar-refractivity contribution is 7.91. The van der Waals surface area contributed by atoms with Gasteiger partial charge in [-0.25, -0.2) is 18.1 Å². The van der Waals surface area contributed by atoms with Crippen molar-refractivity contribution in [3.8, 4) is 5.88 Å². The molecule has 0 spiro atoms. The molecule has 4 saturated carbocycles. The number of fused-ring (bicyclic) bond motifs is 5. The Labute approximate surface area is 265 Å². The molecule has 1 heterocycles. The molecule has 9 heteroatoms. The molecule has 4 fully saturated rings. The van der Waals surface area contributed by atoms with Crippen LogP contribution in [0.15, 0.2) is 18.3 Å². The van der Waals surface area contributed by atoms with Gasteiger partial charge >= 0.3 is 0 Å². The maximum Gasteiger partial charge on any atom is 0.266 e. The average Bonchev–Trinajstić information content (AvgIpc) is 3.31. The first-order chi connectivity index (χ1) is 20.5. The van der Waals surface area contributed by atoms with Crippen LogP contribution in [-0.2, 0) is 10.0 Å². The normalized spacial score (nSPS) is 39.5. The summed E-state index contributed by atoms with van der Waals surface area (Å²) in [6.07, 6.45) is 10.3. The molecule has 0 bridgehead atoms. The smallest absolute Gasteiger partial charge is 0.266 e. The quantitative estimate of drug-likeness (QED) is 0.322. The first kappa shape index (κ1) is 33.6. The molecular weight excluding hydrogens is 576 g/mol. The SMILES string of the molecule is CC[C@H]1[C@@H](O)[C@@H]2[C@H](CC[C@]3(C)[C@@H]([C@H](C)CCOc4ccc(C(=O)NS(=O)(=O)C(C)(C)C)cn4)CC[C@@H]23)[C@@]2(C)CC[C@@H](O)C[C@@H]12. The summed E-state index contributed by atoms with van der Waals surface area (Å²) in [4.78, 5) is 16.7. The van der Waals surface area contributed by atoms with Crippen LogP contribution >= 0.6 is 0 Å². The van der Waals surface area contributed by atoms with E-state index in [4.69, 9.17) is 4.74 Å². The largest absolute Gasteiger partial charge is 0.478 e. The summed E-state index contributed by atoms with van der Waals surface area (Å²) in [7, 11) is -3.81. The predicted molar refractivity (Wildman–Crippen MR) is 171 cm³/mol. The van der Waals surface area contributed by atoms with Crippen LogP contribution < -0.4 is 9.46 Å². The summed E-state index contributed by atoms with van der Waals surface area (Å²) in [6.45, 7) is 14.7. The predicted octanol–water partition coefficient (Wildman–Crippen LogP) is 5.97. The zero-order valence-electron chi connectivity index (χ0n) is 27.9. The van der Waals surface area contributed by atoms with E-state index < -0.39 is 20.7 Å². The van der Waals surface area contributed by atoms with E-state index in [9.17, 15) is 23.4 Å². The highest BCUT2D eigenvalue weighted by atomic mass is 32.2. The first-order valence-corrected chi connectivity index (χ1v) is 18.5. The number of aromatic nitrogens is 1. The Morgan fingerprint density at radius 1 is 1.07 bits per heavy atom. The Bertz CT molecular complexity index is 1300. The molecule has 0 radical (unpaired) electrons. The topological polar surface area (TPSA) is 126 Å². The number of aliphatic hydroxyl groups excluding tert-OH is 2.